The van der Waals surface area contributed by atoms with Gasteiger partial charge in [-0.1, -0.05) is 30.3 Å². The van der Waals surface area contributed by atoms with Gasteiger partial charge in [-0.25, -0.2) is 4.79 Å². The molecule has 0 radical (unpaired) electrons. The third-order valence-electron chi connectivity index (χ3n) is 5.90. The molecule has 3 rings (SSSR count). The van der Waals surface area contributed by atoms with Gasteiger partial charge < -0.3 is 15.0 Å². The molecule has 1 aromatic rings. The Morgan fingerprint density at radius 3 is 2.48 bits per heavy atom. The summed E-state index contributed by atoms with van der Waals surface area (Å²) in [6.45, 7) is 5.68. The number of hydrogen-bond donors (Lipinski definition) is 1. The van der Waals surface area contributed by atoms with Crippen LogP contribution in [0.2, 0.25) is 0 Å². The van der Waals surface area contributed by atoms with E-state index in [9.17, 15) is 9.59 Å². The first kappa shape index (κ1) is 21.5. The summed E-state index contributed by atoms with van der Waals surface area (Å²) in [5, 5.41) is 3.44. The lowest BCUT2D eigenvalue weighted by atomic mass is 9.78. The molecule has 0 saturated carbocycles. The van der Waals surface area contributed by atoms with Gasteiger partial charge in [0.15, 0.2) is 0 Å². The molecule has 6 nitrogen and oxygen atoms in total. The molecule has 2 aliphatic heterocycles. The second-order valence-electron chi connectivity index (χ2n) is 7.58. The third-order valence-corrected chi connectivity index (χ3v) is 5.90. The molecule has 1 spiro atoms. The Hall–Kier alpha value is -1.79. The second kappa shape index (κ2) is 9.42. The Morgan fingerprint density at radius 1 is 1.22 bits per heavy atom. The highest BCUT2D eigenvalue weighted by molar-refractivity contribution is 5.85. The van der Waals surface area contributed by atoms with Crippen LogP contribution >= 0.6 is 12.4 Å². The number of benzene rings is 1. The molecule has 0 bridgehead atoms. The number of amides is 2. The molecule has 1 aromatic carbocycles. The van der Waals surface area contributed by atoms with E-state index in [4.69, 9.17) is 4.74 Å². The number of likely N-dealkylation sites (tertiary alicyclic amines) is 1. The van der Waals surface area contributed by atoms with E-state index in [-0.39, 0.29) is 24.9 Å². The predicted octanol–water partition coefficient (Wildman–Crippen LogP) is 2.67. The second-order valence-corrected chi connectivity index (χ2v) is 7.58. The lowest BCUT2D eigenvalue weighted by Crippen LogP contribution is -2.51. The lowest BCUT2D eigenvalue weighted by molar-refractivity contribution is -0.137. The summed E-state index contributed by atoms with van der Waals surface area (Å²) < 4.78 is 5.33. The Labute approximate surface area is 167 Å². The van der Waals surface area contributed by atoms with Gasteiger partial charge in [-0.15, -0.1) is 12.4 Å². The van der Waals surface area contributed by atoms with Crippen molar-refractivity contribution in [1.82, 2.24) is 15.1 Å². The van der Waals surface area contributed by atoms with Gasteiger partial charge in [0.25, 0.3) is 0 Å². The molecule has 2 aliphatic rings. The zero-order chi connectivity index (χ0) is 18.6. The Kier molecular flexibility index (Phi) is 7.50. The van der Waals surface area contributed by atoms with E-state index in [1.54, 1.807) is 14.0 Å². The molecule has 1 unspecified atom stereocenters. The van der Waals surface area contributed by atoms with Gasteiger partial charge in [-0.05, 0) is 43.7 Å². The smallest absolute Gasteiger partial charge is 0.410 e. The molecule has 2 fully saturated rings. The normalized spacial score (nSPS) is 19.3. The number of ether oxygens (including phenoxy) is 1. The number of halogens is 1. The average molecular weight is 396 g/mol. The largest absolute Gasteiger partial charge is 0.445 e. The van der Waals surface area contributed by atoms with Crippen LogP contribution in [-0.2, 0) is 16.1 Å². The van der Waals surface area contributed by atoms with Crippen LogP contribution in [0.1, 0.15) is 31.7 Å². The molecule has 1 atom stereocenters. The van der Waals surface area contributed by atoms with Crippen molar-refractivity contribution in [3.8, 4) is 0 Å². The molecule has 2 saturated heterocycles. The molecule has 0 aliphatic carbocycles. The van der Waals surface area contributed by atoms with Crippen LogP contribution in [-0.4, -0.2) is 61.1 Å². The fourth-order valence-electron chi connectivity index (χ4n) is 3.83. The van der Waals surface area contributed by atoms with E-state index in [0.29, 0.717) is 5.41 Å². The third kappa shape index (κ3) is 5.14. The first-order valence-corrected chi connectivity index (χ1v) is 9.44. The molecule has 2 amide bonds. The zero-order valence-corrected chi connectivity index (χ0v) is 17.0. The van der Waals surface area contributed by atoms with Crippen molar-refractivity contribution in [2.24, 2.45) is 5.41 Å². The van der Waals surface area contributed by atoms with Crippen LogP contribution in [0.5, 0.6) is 0 Å². The van der Waals surface area contributed by atoms with Crippen LogP contribution in [0, 0.1) is 5.41 Å². The van der Waals surface area contributed by atoms with E-state index in [0.717, 1.165) is 44.6 Å². The Bertz CT molecular complexity index is 625. The molecule has 1 N–H and O–H groups in total. The molecular formula is C20H30ClN3O3. The number of hydrogen-bond acceptors (Lipinski definition) is 4. The number of carbonyl (C=O) groups excluding carboxylic acids is 2. The van der Waals surface area contributed by atoms with Crippen molar-refractivity contribution in [2.75, 3.05) is 33.2 Å². The van der Waals surface area contributed by atoms with Crippen LogP contribution in [0.3, 0.4) is 0 Å². The fourth-order valence-corrected chi connectivity index (χ4v) is 3.83. The van der Waals surface area contributed by atoms with Gasteiger partial charge in [0.1, 0.15) is 12.6 Å². The maximum Gasteiger partial charge on any atom is 0.410 e. The molecule has 27 heavy (non-hydrogen) atoms. The quantitative estimate of drug-likeness (QED) is 0.851. The predicted molar refractivity (Wildman–Crippen MR) is 107 cm³/mol. The lowest BCUT2D eigenvalue weighted by Gasteiger charge is -2.40. The number of piperidine rings is 1. The summed E-state index contributed by atoms with van der Waals surface area (Å²) in [5.41, 5.74) is 1.31. The maximum atomic E-state index is 12.8. The highest BCUT2D eigenvalue weighted by Crippen LogP contribution is 2.37. The molecule has 0 aromatic heterocycles. The van der Waals surface area contributed by atoms with E-state index in [1.165, 1.54) is 11.3 Å². The maximum absolute atomic E-state index is 12.8. The monoisotopic (exact) mass is 395 g/mol. The van der Waals surface area contributed by atoms with Crippen molar-refractivity contribution in [3.63, 3.8) is 0 Å². The highest BCUT2D eigenvalue weighted by atomic mass is 35.5. The summed E-state index contributed by atoms with van der Waals surface area (Å²) >= 11 is 0. The average Bonchev–Trinajstić information content (AvgIpc) is 3.13. The van der Waals surface area contributed by atoms with Crippen molar-refractivity contribution in [2.45, 2.75) is 38.8 Å². The van der Waals surface area contributed by atoms with Gasteiger partial charge in [0, 0.05) is 26.7 Å². The summed E-state index contributed by atoms with van der Waals surface area (Å²) in [5.74, 6) is 0.00460. The number of carbonyl (C=O) groups is 2. The van der Waals surface area contributed by atoms with Crippen LogP contribution in [0.25, 0.3) is 0 Å². The molecule has 150 valence electrons. The van der Waals surface area contributed by atoms with Crippen LogP contribution in [0.4, 0.5) is 4.79 Å². The number of rotatable bonds is 4. The van der Waals surface area contributed by atoms with Gasteiger partial charge in [-0.3, -0.25) is 9.69 Å². The summed E-state index contributed by atoms with van der Waals surface area (Å²) in [7, 11) is 1.63. The summed E-state index contributed by atoms with van der Waals surface area (Å²) in [6.07, 6.45) is 2.82. The SMILES string of the molecule is CC(C(=O)N1CCC2(CCNC2)CC1)N(C)C(=O)OCc1ccccc1.Cl. The van der Waals surface area contributed by atoms with Gasteiger partial charge in [-0.2, -0.15) is 0 Å². The minimum Gasteiger partial charge on any atom is -0.445 e. The number of nitrogens with zero attached hydrogens (tertiary/aromatic N) is 2. The zero-order valence-electron chi connectivity index (χ0n) is 16.1. The van der Waals surface area contributed by atoms with Crippen molar-refractivity contribution < 1.29 is 14.3 Å². The highest BCUT2D eigenvalue weighted by Gasteiger charge is 2.39. The fraction of sp³-hybridized carbons (Fsp3) is 0.600. The Balaban J connectivity index is 0.00000261. The van der Waals surface area contributed by atoms with E-state index >= 15 is 0 Å². The summed E-state index contributed by atoms with van der Waals surface area (Å²) in [4.78, 5) is 28.3. The first-order valence-electron chi connectivity index (χ1n) is 9.44. The molecule has 7 heteroatoms. The van der Waals surface area contributed by atoms with Gasteiger partial charge in [0.2, 0.25) is 5.91 Å². The summed E-state index contributed by atoms with van der Waals surface area (Å²) in [6, 6.07) is 9.02. The van der Waals surface area contributed by atoms with Crippen molar-refractivity contribution in [3.05, 3.63) is 35.9 Å². The molecular weight excluding hydrogens is 366 g/mol. The van der Waals surface area contributed by atoms with Crippen molar-refractivity contribution in [1.29, 1.82) is 0 Å². The Morgan fingerprint density at radius 2 is 1.89 bits per heavy atom. The number of likely N-dealkylation sites (N-methyl/N-ethyl adjacent to an activating group) is 1. The van der Waals surface area contributed by atoms with Crippen LogP contribution < -0.4 is 5.32 Å². The van der Waals surface area contributed by atoms with E-state index in [1.807, 2.05) is 35.2 Å². The van der Waals surface area contributed by atoms with Crippen LogP contribution in [0.15, 0.2) is 30.3 Å². The molecule has 2 heterocycles. The van der Waals surface area contributed by atoms with Gasteiger partial charge >= 0.3 is 6.09 Å². The van der Waals surface area contributed by atoms with E-state index in [2.05, 4.69) is 5.32 Å². The topological polar surface area (TPSA) is 61.9 Å². The minimum absolute atomic E-state index is 0. The standard InChI is InChI=1S/C20H29N3O3.ClH/c1-16(22(2)19(25)26-14-17-6-4-3-5-7-17)18(24)23-12-9-20(10-13-23)8-11-21-15-20;/h3-7,16,21H,8-15H2,1-2H3;1H. The number of nitrogens with one attached hydrogen (secondary N) is 1. The van der Waals surface area contributed by atoms with Crippen molar-refractivity contribution >= 4 is 24.4 Å². The van der Waals surface area contributed by atoms with E-state index < -0.39 is 12.1 Å². The van der Waals surface area contributed by atoms with Gasteiger partial charge in [0.05, 0.1) is 0 Å². The first-order chi connectivity index (χ1) is 12.5. The minimum atomic E-state index is -0.519.